The Kier molecular flexibility index (Phi) is 6.66. The zero-order valence-electron chi connectivity index (χ0n) is 17.0. The van der Waals surface area contributed by atoms with Gasteiger partial charge in [0.2, 0.25) is 16.0 Å². The molecule has 30 heavy (non-hydrogen) atoms. The summed E-state index contributed by atoms with van der Waals surface area (Å²) in [5.74, 6) is 1.06. The standard InChI is InChI=1S/C18H27BrN8O2S/c1-26-7-9-27(10-8-26)18-23-16(15-17(24-18)21-12-14(19)22-15)20-6-11-30(28,29)25-13-4-2-3-5-13/h12-13,25H,2-11H2,1H3,(H,20,21,23,24). The molecule has 0 aromatic carbocycles. The lowest BCUT2D eigenvalue weighted by molar-refractivity contribution is 0.311. The average molecular weight is 499 g/mol. The van der Waals surface area contributed by atoms with E-state index in [9.17, 15) is 8.42 Å². The van der Waals surface area contributed by atoms with Gasteiger partial charge in [-0.2, -0.15) is 9.97 Å². The number of sulfonamides is 1. The lowest BCUT2D eigenvalue weighted by Gasteiger charge is -2.32. The molecule has 0 unspecified atom stereocenters. The SMILES string of the molecule is CN1CCN(c2nc(NCCS(=O)(=O)NC3CCCC3)c3nc(Br)cnc3n2)CC1. The first kappa shape index (κ1) is 21.6. The molecular formula is C18H27BrN8O2S. The zero-order chi connectivity index (χ0) is 21.1. The number of hydrogen-bond acceptors (Lipinski definition) is 9. The highest BCUT2D eigenvalue weighted by atomic mass is 79.9. The molecule has 0 radical (unpaired) electrons. The lowest BCUT2D eigenvalue weighted by Crippen LogP contribution is -2.45. The van der Waals surface area contributed by atoms with E-state index in [1.807, 2.05) is 0 Å². The molecule has 4 rings (SSSR count). The normalized spacial score (nSPS) is 18.9. The third-order valence-corrected chi connectivity index (χ3v) is 7.33. The van der Waals surface area contributed by atoms with Gasteiger partial charge in [0.1, 0.15) is 4.60 Å². The highest BCUT2D eigenvalue weighted by Crippen LogP contribution is 2.23. The molecule has 0 bridgehead atoms. The predicted molar refractivity (Wildman–Crippen MR) is 120 cm³/mol. The van der Waals surface area contributed by atoms with Crippen molar-refractivity contribution in [2.75, 3.05) is 55.7 Å². The number of fused-ring (bicyclic) bond motifs is 1. The van der Waals surface area contributed by atoms with Crippen LogP contribution in [0.5, 0.6) is 0 Å². The second-order valence-corrected chi connectivity index (χ2v) is 10.6. The van der Waals surface area contributed by atoms with Crippen LogP contribution < -0.4 is 14.9 Å². The summed E-state index contributed by atoms with van der Waals surface area (Å²) < 4.78 is 28.2. The van der Waals surface area contributed by atoms with E-state index in [-0.39, 0.29) is 18.3 Å². The number of piperazine rings is 1. The molecule has 0 atom stereocenters. The number of aromatic nitrogens is 4. The molecule has 1 saturated carbocycles. The van der Waals surface area contributed by atoms with Gasteiger partial charge < -0.3 is 15.1 Å². The van der Waals surface area contributed by atoms with Crippen LogP contribution in [-0.4, -0.2) is 84.8 Å². The maximum absolute atomic E-state index is 12.4. The molecular weight excluding hydrogens is 472 g/mol. The van der Waals surface area contributed by atoms with E-state index in [1.54, 1.807) is 6.20 Å². The van der Waals surface area contributed by atoms with E-state index >= 15 is 0 Å². The van der Waals surface area contributed by atoms with Crippen molar-refractivity contribution in [3.05, 3.63) is 10.8 Å². The molecule has 0 spiro atoms. The van der Waals surface area contributed by atoms with Crippen molar-refractivity contribution in [2.24, 2.45) is 0 Å². The molecule has 1 saturated heterocycles. The van der Waals surface area contributed by atoms with Crippen LogP contribution in [-0.2, 0) is 10.0 Å². The van der Waals surface area contributed by atoms with E-state index in [4.69, 9.17) is 0 Å². The van der Waals surface area contributed by atoms with Crippen molar-refractivity contribution < 1.29 is 8.42 Å². The number of likely N-dealkylation sites (N-methyl/N-ethyl adjacent to an activating group) is 1. The Morgan fingerprint density at radius 1 is 1.13 bits per heavy atom. The van der Waals surface area contributed by atoms with Gasteiger partial charge in [-0.05, 0) is 35.8 Å². The highest BCUT2D eigenvalue weighted by Gasteiger charge is 2.22. The summed E-state index contributed by atoms with van der Waals surface area (Å²) in [4.78, 5) is 22.4. The summed E-state index contributed by atoms with van der Waals surface area (Å²) in [6, 6.07) is 0.0699. The molecule has 164 valence electrons. The molecule has 3 heterocycles. The monoisotopic (exact) mass is 498 g/mol. The van der Waals surface area contributed by atoms with Gasteiger partial charge in [-0.1, -0.05) is 12.8 Å². The molecule has 1 aliphatic heterocycles. The first-order valence-corrected chi connectivity index (χ1v) is 12.7. The topological polar surface area (TPSA) is 116 Å². The third kappa shape index (κ3) is 5.34. The summed E-state index contributed by atoms with van der Waals surface area (Å²) in [6.45, 7) is 3.74. The Labute approximate surface area is 185 Å². The third-order valence-electron chi connectivity index (χ3n) is 5.52. The van der Waals surface area contributed by atoms with Gasteiger partial charge in [-0.3, -0.25) is 0 Å². The fraction of sp³-hybridized carbons (Fsp3) is 0.667. The van der Waals surface area contributed by atoms with E-state index < -0.39 is 10.0 Å². The summed E-state index contributed by atoms with van der Waals surface area (Å²) in [7, 11) is -1.26. The summed E-state index contributed by atoms with van der Waals surface area (Å²) in [5, 5.41) is 3.15. The van der Waals surface area contributed by atoms with Gasteiger partial charge in [-0.15, -0.1) is 0 Å². The van der Waals surface area contributed by atoms with Crippen LogP contribution in [0.4, 0.5) is 11.8 Å². The summed E-state index contributed by atoms with van der Waals surface area (Å²) >= 11 is 3.34. The first-order chi connectivity index (χ1) is 14.4. The van der Waals surface area contributed by atoms with Gasteiger partial charge in [0.15, 0.2) is 17.0 Å². The molecule has 2 aliphatic rings. The summed E-state index contributed by atoms with van der Waals surface area (Å²) in [5.41, 5.74) is 1.000. The van der Waals surface area contributed by atoms with Crippen molar-refractivity contribution in [3.63, 3.8) is 0 Å². The number of anilines is 2. The van der Waals surface area contributed by atoms with Crippen LogP contribution in [0.15, 0.2) is 10.8 Å². The van der Waals surface area contributed by atoms with Crippen LogP contribution in [0.1, 0.15) is 25.7 Å². The number of rotatable bonds is 7. The van der Waals surface area contributed by atoms with Gasteiger partial charge in [0.25, 0.3) is 0 Å². The van der Waals surface area contributed by atoms with Crippen LogP contribution in [0.2, 0.25) is 0 Å². The minimum Gasteiger partial charge on any atom is -0.367 e. The van der Waals surface area contributed by atoms with Crippen LogP contribution in [0.25, 0.3) is 11.2 Å². The fourth-order valence-electron chi connectivity index (χ4n) is 3.81. The van der Waals surface area contributed by atoms with Gasteiger partial charge >= 0.3 is 0 Å². The molecule has 1 aliphatic carbocycles. The fourth-order valence-corrected chi connectivity index (χ4v) is 5.32. The molecule has 12 heteroatoms. The number of nitrogens with zero attached hydrogens (tertiary/aromatic N) is 6. The number of halogens is 1. The lowest BCUT2D eigenvalue weighted by atomic mass is 10.3. The Morgan fingerprint density at radius 3 is 2.60 bits per heavy atom. The van der Waals surface area contributed by atoms with Crippen molar-refractivity contribution >= 4 is 48.9 Å². The second kappa shape index (κ2) is 9.25. The Morgan fingerprint density at radius 2 is 1.87 bits per heavy atom. The average Bonchev–Trinajstić information content (AvgIpc) is 3.20. The Bertz CT molecular complexity index is 991. The molecule has 2 N–H and O–H groups in total. The first-order valence-electron chi connectivity index (χ1n) is 10.3. The van der Waals surface area contributed by atoms with Gasteiger partial charge in [0.05, 0.1) is 11.9 Å². The van der Waals surface area contributed by atoms with E-state index in [0.29, 0.717) is 27.5 Å². The van der Waals surface area contributed by atoms with Crippen LogP contribution in [0, 0.1) is 0 Å². The van der Waals surface area contributed by atoms with Crippen molar-refractivity contribution in [3.8, 4) is 0 Å². The second-order valence-electron chi connectivity index (χ2n) is 7.87. The van der Waals surface area contributed by atoms with Crippen LogP contribution in [0.3, 0.4) is 0 Å². The Balaban J connectivity index is 1.50. The van der Waals surface area contributed by atoms with Gasteiger partial charge in [0, 0.05) is 38.8 Å². The maximum Gasteiger partial charge on any atom is 0.229 e. The zero-order valence-corrected chi connectivity index (χ0v) is 19.4. The maximum atomic E-state index is 12.4. The van der Waals surface area contributed by atoms with Crippen LogP contribution >= 0.6 is 15.9 Å². The molecule has 2 aromatic rings. The van der Waals surface area contributed by atoms with Gasteiger partial charge in [-0.25, -0.2) is 23.1 Å². The van der Waals surface area contributed by atoms with E-state index in [0.717, 1.165) is 51.9 Å². The van der Waals surface area contributed by atoms with E-state index in [1.165, 1.54) is 0 Å². The van der Waals surface area contributed by atoms with Crippen molar-refractivity contribution in [1.29, 1.82) is 0 Å². The number of hydrogen-bond donors (Lipinski definition) is 2. The van der Waals surface area contributed by atoms with Crippen molar-refractivity contribution in [1.82, 2.24) is 29.6 Å². The quantitative estimate of drug-likeness (QED) is 0.580. The minimum atomic E-state index is -3.35. The molecule has 2 fully saturated rings. The van der Waals surface area contributed by atoms with Crippen molar-refractivity contribution in [2.45, 2.75) is 31.7 Å². The largest absolute Gasteiger partial charge is 0.367 e. The highest BCUT2D eigenvalue weighted by molar-refractivity contribution is 9.10. The Hall–Kier alpha value is -1.63. The predicted octanol–water partition coefficient (Wildman–Crippen LogP) is 1.21. The number of nitrogens with one attached hydrogen (secondary N) is 2. The smallest absolute Gasteiger partial charge is 0.229 e. The molecule has 0 amide bonds. The molecule has 10 nitrogen and oxygen atoms in total. The van der Waals surface area contributed by atoms with E-state index in [2.05, 4.69) is 62.8 Å². The summed E-state index contributed by atoms with van der Waals surface area (Å²) in [6.07, 6.45) is 5.60. The minimum absolute atomic E-state index is 0.0275. The molecule has 2 aromatic heterocycles.